The highest BCUT2D eigenvalue weighted by Crippen LogP contribution is 2.33. The average molecular weight is 234 g/mol. The Morgan fingerprint density at radius 3 is 2.65 bits per heavy atom. The van der Waals surface area contributed by atoms with Gasteiger partial charge in [-0.3, -0.25) is 0 Å². The Hall–Kier alpha value is -1.06. The maximum absolute atomic E-state index is 6.05. The first kappa shape index (κ1) is 12.4. The Kier molecular flexibility index (Phi) is 3.69. The number of aryl methyl sites for hydroxylation is 2. The zero-order valence-corrected chi connectivity index (χ0v) is 10.7. The summed E-state index contributed by atoms with van der Waals surface area (Å²) in [6.07, 6.45) is 2.59. The number of benzene rings is 1. The second kappa shape index (κ2) is 5.07. The second-order valence-electron chi connectivity index (χ2n) is 5.10. The molecule has 1 aromatic carbocycles. The highest BCUT2D eigenvalue weighted by atomic mass is 16.5. The van der Waals surface area contributed by atoms with E-state index in [4.69, 9.17) is 16.2 Å². The summed E-state index contributed by atoms with van der Waals surface area (Å²) in [6, 6.07) is 4.09. The molecule has 3 heteroatoms. The Bertz CT molecular complexity index is 399. The quantitative estimate of drug-likeness (QED) is 0.819. The normalized spacial score (nSPS) is 16.9. The van der Waals surface area contributed by atoms with Crippen molar-refractivity contribution >= 4 is 0 Å². The molecule has 0 saturated heterocycles. The molecule has 1 aliphatic carbocycles. The molecule has 0 aromatic heterocycles. The molecule has 1 fully saturated rings. The highest BCUT2D eigenvalue weighted by Gasteiger charge is 2.23. The van der Waals surface area contributed by atoms with Crippen LogP contribution in [0.4, 0.5) is 0 Å². The molecular formula is C14H22N2O. The fraction of sp³-hybridized carbons (Fsp3) is 0.571. The van der Waals surface area contributed by atoms with Crippen LogP contribution in [0, 0.1) is 19.8 Å². The van der Waals surface area contributed by atoms with E-state index in [0.717, 1.165) is 29.4 Å². The number of ether oxygens (including phenoxy) is 1. The van der Waals surface area contributed by atoms with E-state index < -0.39 is 0 Å². The van der Waals surface area contributed by atoms with E-state index in [9.17, 15) is 0 Å². The molecule has 0 bridgehead atoms. The smallest absolute Gasteiger partial charge is 0.127 e. The van der Waals surface area contributed by atoms with Gasteiger partial charge in [-0.05, 0) is 38.2 Å². The monoisotopic (exact) mass is 234 g/mol. The molecule has 0 amide bonds. The van der Waals surface area contributed by atoms with Crippen molar-refractivity contribution in [2.45, 2.75) is 32.7 Å². The van der Waals surface area contributed by atoms with E-state index in [0.29, 0.717) is 6.54 Å². The SMILES string of the molecule is Cc1cc(C)c(OCC2CC2)c(C(N)CN)c1. The minimum absolute atomic E-state index is 0.136. The van der Waals surface area contributed by atoms with Crippen molar-refractivity contribution in [1.29, 1.82) is 0 Å². The standard InChI is InChI=1S/C14H22N2O/c1-9-5-10(2)14(17-8-11-3-4-11)12(6-9)13(16)7-15/h5-6,11,13H,3-4,7-8,15-16H2,1-2H3. The van der Waals surface area contributed by atoms with Crippen LogP contribution in [0.15, 0.2) is 12.1 Å². The maximum Gasteiger partial charge on any atom is 0.127 e. The van der Waals surface area contributed by atoms with E-state index in [1.807, 2.05) is 0 Å². The first-order chi connectivity index (χ1) is 8.11. The van der Waals surface area contributed by atoms with E-state index in [1.165, 1.54) is 18.4 Å². The van der Waals surface area contributed by atoms with Crippen LogP contribution in [0.1, 0.15) is 35.6 Å². The molecule has 0 aliphatic heterocycles. The molecule has 0 heterocycles. The molecule has 94 valence electrons. The lowest BCUT2D eigenvalue weighted by molar-refractivity contribution is 0.293. The van der Waals surface area contributed by atoms with Gasteiger partial charge in [-0.15, -0.1) is 0 Å². The number of nitrogens with two attached hydrogens (primary N) is 2. The van der Waals surface area contributed by atoms with Gasteiger partial charge < -0.3 is 16.2 Å². The molecule has 1 saturated carbocycles. The summed E-state index contributed by atoms with van der Waals surface area (Å²) in [5.41, 5.74) is 15.1. The van der Waals surface area contributed by atoms with Gasteiger partial charge >= 0.3 is 0 Å². The number of hydrogen-bond donors (Lipinski definition) is 2. The zero-order valence-electron chi connectivity index (χ0n) is 10.7. The third-order valence-electron chi connectivity index (χ3n) is 3.26. The molecule has 17 heavy (non-hydrogen) atoms. The van der Waals surface area contributed by atoms with Crippen molar-refractivity contribution in [3.8, 4) is 5.75 Å². The van der Waals surface area contributed by atoms with Gasteiger partial charge in [-0.1, -0.05) is 17.7 Å². The third-order valence-corrected chi connectivity index (χ3v) is 3.26. The van der Waals surface area contributed by atoms with Gasteiger partial charge in [0.2, 0.25) is 0 Å². The zero-order chi connectivity index (χ0) is 12.4. The summed E-state index contributed by atoms with van der Waals surface area (Å²) in [4.78, 5) is 0. The average Bonchev–Trinajstić information content (AvgIpc) is 3.09. The predicted molar refractivity (Wildman–Crippen MR) is 70.1 cm³/mol. The number of rotatable bonds is 5. The van der Waals surface area contributed by atoms with Crippen molar-refractivity contribution in [2.75, 3.05) is 13.2 Å². The van der Waals surface area contributed by atoms with Gasteiger partial charge in [-0.2, -0.15) is 0 Å². The Morgan fingerprint density at radius 1 is 1.35 bits per heavy atom. The number of hydrogen-bond acceptors (Lipinski definition) is 3. The van der Waals surface area contributed by atoms with Crippen LogP contribution in [-0.2, 0) is 0 Å². The van der Waals surface area contributed by atoms with Gasteiger partial charge in [0, 0.05) is 18.2 Å². The van der Waals surface area contributed by atoms with Gasteiger partial charge in [0.25, 0.3) is 0 Å². The van der Waals surface area contributed by atoms with Crippen LogP contribution in [0.3, 0.4) is 0 Å². The molecule has 1 atom stereocenters. The Morgan fingerprint density at radius 2 is 2.06 bits per heavy atom. The summed E-state index contributed by atoms with van der Waals surface area (Å²) in [5.74, 6) is 1.69. The van der Waals surface area contributed by atoms with Crippen molar-refractivity contribution in [3.63, 3.8) is 0 Å². The maximum atomic E-state index is 6.05. The van der Waals surface area contributed by atoms with E-state index in [-0.39, 0.29) is 6.04 Å². The molecule has 1 aromatic rings. The molecule has 1 aliphatic rings. The van der Waals surface area contributed by atoms with Gasteiger partial charge in [0.15, 0.2) is 0 Å². The summed E-state index contributed by atoms with van der Waals surface area (Å²) in [6.45, 7) is 5.41. The van der Waals surface area contributed by atoms with E-state index in [2.05, 4.69) is 26.0 Å². The Balaban J connectivity index is 2.24. The van der Waals surface area contributed by atoms with E-state index in [1.54, 1.807) is 0 Å². The topological polar surface area (TPSA) is 61.3 Å². The van der Waals surface area contributed by atoms with Crippen molar-refractivity contribution < 1.29 is 4.74 Å². The van der Waals surface area contributed by atoms with Gasteiger partial charge in [0.1, 0.15) is 5.75 Å². The van der Waals surface area contributed by atoms with Crippen molar-refractivity contribution in [3.05, 3.63) is 28.8 Å². The second-order valence-corrected chi connectivity index (χ2v) is 5.10. The molecule has 4 N–H and O–H groups in total. The molecule has 3 nitrogen and oxygen atoms in total. The van der Waals surface area contributed by atoms with Crippen LogP contribution >= 0.6 is 0 Å². The van der Waals surface area contributed by atoms with Gasteiger partial charge in [0.05, 0.1) is 6.61 Å². The fourth-order valence-electron chi connectivity index (χ4n) is 2.07. The lowest BCUT2D eigenvalue weighted by Crippen LogP contribution is -2.22. The largest absolute Gasteiger partial charge is 0.493 e. The van der Waals surface area contributed by atoms with Gasteiger partial charge in [-0.25, -0.2) is 0 Å². The highest BCUT2D eigenvalue weighted by molar-refractivity contribution is 5.45. The molecule has 0 radical (unpaired) electrons. The summed E-state index contributed by atoms with van der Waals surface area (Å²) >= 11 is 0. The first-order valence-electron chi connectivity index (χ1n) is 6.31. The van der Waals surface area contributed by atoms with Crippen molar-refractivity contribution in [2.24, 2.45) is 17.4 Å². The summed E-state index contributed by atoms with van der Waals surface area (Å²) in [7, 11) is 0. The molecule has 2 rings (SSSR count). The van der Waals surface area contributed by atoms with Crippen LogP contribution < -0.4 is 16.2 Å². The molecular weight excluding hydrogens is 212 g/mol. The van der Waals surface area contributed by atoms with Crippen LogP contribution in [0.5, 0.6) is 5.75 Å². The molecule has 0 spiro atoms. The van der Waals surface area contributed by atoms with Crippen LogP contribution in [-0.4, -0.2) is 13.2 Å². The lowest BCUT2D eigenvalue weighted by Gasteiger charge is -2.19. The van der Waals surface area contributed by atoms with Crippen molar-refractivity contribution in [1.82, 2.24) is 0 Å². The summed E-state index contributed by atoms with van der Waals surface area (Å²) in [5, 5.41) is 0. The fourth-order valence-corrected chi connectivity index (χ4v) is 2.07. The predicted octanol–water partition coefficient (Wildman–Crippen LogP) is 2.05. The third kappa shape index (κ3) is 2.99. The van der Waals surface area contributed by atoms with E-state index >= 15 is 0 Å². The van der Waals surface area contributed by atoms with Crippen LogP contribution in [0.25, 0.3) is 0 Å². The minimum atomic E-state index is -0.136. The lowest BCUT2D eigenvalue weighted by atomic mass is 10.00. The summed E-state index contributed by atoms with van der Waals surface area (Å²) < 4.78 is 5.93. The van der Waals surface area contributed by atoms with Crippen LogP contribution in [0.2, 0.25) is 0 Å². The molecule has 1 unspecified atom stereocenters. The first-order valence-corrected chi connectivity index (χ1v) is 6.31. The Labute approximate surface area is 103 Å². The minimum Gasteiger partial charge on any atom is -0.493 e.